The van der Waals surface area contributed by atoms with Crippen LogP contribution < -0.4 is 0 Å². The Morgan fingerprint density at radius 1 is 1.09 bits per heavy atom. The molecule has 0 bridgehead atoms. The first-order chi connectivity index (χ1) is 15.3. The zero-order valence-electron chi connectivity index (χ0n) is 20.6. The van der Waals surface area contributed by atoms with E-state index in [2.05, 4.69) is 84.7 Å². The van der Waals surface area contributed by atoms with Gasteiger partial charge in [-0.25, -0.2) is 0 Å². The van der Waals surface area contributed by atoms with E-state index in [0.29, 0.717) is 0 Å². The molecule has 1 aliphatic heterocycles. The van der Waals surface area contributed by atoms with Crippen molar-refractivity contribution in [1.82, 2.24) is 14.4 Å². The second-order valence-corrected chi connectivity index (χ2v) is 10.2. The maximum absolute atomic E-state index is 10.5. The number of hydrogen-bond acceptors (Lipinski definition) is 4. The first-order valence-electron chi connectivity index (χ1n) is 12.3. The molecule has 1 aromatic heterocycles. The summed E-state index contributed by atoms with van der Waals surface area (Å²) < 4.78 is 7.84. The molecule has 32 heavy (non-hydrogen) atoms. The van der Waals surface area contributed by atoms with Gasteiger partial charge >= 0.3 is 0 Å². The van der Waals surface area contributed by atoms with Crippen molar-refractivity contribution in [2.75, 3.05) is 45.9 Å². The molecule has 178 valence electrons. The fraction of sp³-hybridized carbons (Fsp3) is 0.630. The Balaban J connectivity index is 1.64. The van der Waals surface area contributed by atoms with Crippen LogP contribution >= 0.6 is 0 Å². The highest BCUT2D eigenvalue weighted by Gasteiger charge is 2.17. The molecule has 5 nitrogen and oxygen atoms in total. The lowest BCUT2D eigenvalue weighted by Crippen LogP contribution is -2.43. The van der Waals surface area contributed by atoms with E-state index in [1.54, 1.807) is 0 Å². The Hall–Kier alpha value is -1.66. The number of rotatable bonds is 11. The van der Waals surface area contributed by atoms with Crippen LogP contribution in [0.3, 0.4) is 0 Å². The first-order valence-corrected chi connectivity index (χ1v) is 12.3. The number of morpholine rings is 1. The molecule has 3 rings (SSSR count). The topological polar surface area (TPSA) is 40.9 Å². The minimum absolute atomic E-state index is 0.178. The molecule has 1 saturated heterocycles. The van der Waals surface area contributed by atoms with Gasteiger partial charge in [-0.1, -0.05) is 58.4 Å². The van der Waals surface area contributed by atoms with Gasteiger partial charge < -0.3 is 14.4 Å². The van der Waals surface area contributed by atoms with Crippen molar-refractivity contribution in [2.45, 2.75) is 65.1 Å². The van der Waals surface area contributed by atoms with Crippen molar-refractivity contribution in [3.05, 3.63) is 59.4 Å². The van der Waals surface area contributed by atoms with Gasteiger partial charge in [-0.05, 0) is 35.1 Å². The number of nitrogens with zero attached hydrogens (tertiary/aromatic N) is 3. The van der Waals surface area contributed by atoms with Crippen LogP contribution in [0.2, 0.25) is 0 Å². The minimum atomic E-state index is -0.266. The third-order valence-corrected chi connectivity index (χ3v) is 6.41. The molecule has 0 amide bonds. The third-order valence-electron chi connectivity index (χ3n) is 6.41. The van der Waals surface area contributed by atoms with E-state index >= 15 is 0 Å². The van der Waals surface area contributed by atoms with Gasteiger partial charge in [-0.3, -0.25) is 9.80 Å². The first kappa shape index (κ1) is 25.0. The van der Waals surface area contributed by atoms with Gasteiger partial charge in [0.2, 0.25) is 0 Å². The molecular formula is C27H43N3O2. The largest absolute Gasteiger partial charge is 0.392 e. The molecular weight excluding hydrogens is 398 g/mol. The summed E-state index contributed by atoms with van der Waals surface area (Å²) in [6.07, 6.45) is 3.78. The SMILES string of the molecule is CCC[C@H](O)CN(CCN1CCOCC1)Cc1cccn1Cc1ccc(C(C)(C)C)cc1. The summed E-state index contributed by atoms with van der Waals surface area (Å²) >= 11 is 0. The second kappa shape index (κ2) is 12.0. The molecule has 0 saturated carbocycles. The summed E-state index contributed by atoms with van der Waals surface area (Å²) in [5.74, 6) is 0. The van der Waals surface area contributed by atoms with Gasteiger partial charge in [0, 0.05) is 57.7 Å². The summed E-state index contributed by atoms with van der Waals surface area (Å²) in [4.78, 5) is 4.89. The van der Waals surface area contributed by atoms with E-state index in [4.69, 9.17) is 4.74 Å². The predicted molar refractivity (Wildman–Crippen MR) is 132 cm³/mol. The summed E-state index contributed by atoms with van der Waals surface area (Å²) in [5, 5.41) is 10.5. The van der Waals surface area contributed by atoms with Crippen LogP contribution in [0.25, 0.3) is 0 Å². The van der Waals surface area contributed by atoms with Crippen molar-refractivity contribution in [3.63, 3.8) is 0 Å². The molecule has 2 heterocycles. The Bertz CT molecular complexity index is 788. The smallest absolute Gasteiger partial charge is 0.0667 e. The standard InChI is InChI=1S/C27H43N3O2/c1-5-7-26(31)22-29(15-14-28-16-18-32-19-17-28)21-25-8-6-13-30(25)20-23-9-11-24(12-10-23)27(2,3)4/h6,8-13,26,31H,5,7,14-22H2,1-4H3/t26-/m0/s1. The van der Waals surface area contributed by atoms with Gasteiger partial charge in [0.15, 0.2) is 0 Å². The molecule has 1 aliphatic rings. The van der Waals surface area contributed by atoms with Crippen molar-refractivity contribution in [1.29, 1.82) is 0 Å². The fourth-order valence-corrected chi connectivity index (χ4v) is 4.35. The van der Waals surface area contributed by atoms with E-state index < -0.39 is 0 Å². The minimum Gasteiger partial charge on any atom is -0.392 e. The normalized spacial score (nSPS) is 16.6. The van der Waals surface area contributed by atoms with E-state index in [-0.39, 0.29) is 11.5 Å². The molecule has 5 heteroatoms. The molecule has 0 radical (unpaired) electrons. The van der Waals surface area contributed by atoms with Crippen LogP contribution in [0.5, 0.6) is 0 Å². The molecule has 1 fully saturated rings. The van der Waals surface area contributed by atoms with Gasteiger partial charge in [0.1, 0.15) is 0 Å². The highest BCUT2D eigenvalue weighted by Crippen LogP contribution is 2.22. The summed E-state index contributed by atoms with van der Waals surface area (Å²) in [7, 11) is 0. The zero-order valence-corrected chi connectivity index (χ0v) is 20.6. The number of hydrogen-bond donors (Lipinski definition) is 1. The van der Waals surface area contributed by atoms with Crippen LogP contribution in [0.4, 0.5) is 0 Å². The van der Waals surface area contributed by atoms with Crippen molar-refractivity contribution < 1.29 is 9.84 Å². The van der Waals surface area contributed by atoms with Gasteiger partial charge in [-0.15, -0.1) is 0 Å². The van der Waals surface area contributed by atoms with Crippen LogP contribution in [0, 0.1) is 0 Å². The van der Waals surface area contributed by atoms with Crippen LogP contribution in [-0.4, -0.2) is 71.5 Å². The van der Waals surface area contributed by atoms with Crippen molar-refractivity contribution in [2.24, 2.45) is 0 Å². The lowest BCUT2D eigenvalue weighted by Gasteiger charge is -2.31. The predicted octanol–water partition coefficient (Wildman–Crippen LogP) is 4.13. The van der Waals surface area contributed by atoms with Crippen molar-refractivity contribution >= 4 is 0 Å². The van der Waals surface area contributed by atoms with Crippen LogP contribution in [0.1, 0.15) is 57.4 Å². The Morgan fingerprint density at radius 3 is 2.47 bits per heavy atom. The monoisotopic (exact) mass is 441 g/mol. The second-order valence-electron chi connectivity index (χ2n) is 10.2. The average molecular weight is 442 g/mol. The Labute approximate surface area is 195 Å². The van der Waals surface area contributed by atoms with Crippen LogP contribution in [0.15, 0.2) is 42.6 Å². The highest BCUT2D eigenvalue weighted by molar-refractivity contribution is 5.28. The zero-order chi connectivity index (χ0) is 23.0. The van der Waals surface area contributed by atoms with E-state index in [1.165, 1.54) is 16.8 Å². The van der Waals surface area contributed by atoms with Crippen LogP contribution in [-0.2, 0) is 23.2 Å². The fourth-order valence-electron chi connectivity index (χ4n) is 4.35. The number of ether oxygens (including phenoxy) is 1. The maximum atomic E-state index is 10.5. The van der Waals surface area contributed by atoms with E-state index in [0.717, 1.165) is 71.9 Å². The summed E-state index contributed by atoms with van der Waals surface area (Å²) in [5.41, 5.74) is 4.17. The Morgan fingerprint density at radius 2 is 1.81 bits per heavy atom. The number of aliphatic hydroxyl groups is 1. The van der Waals surface area contributed by atoms with Gasteiger partial charge in [0.05, 0.1) is 19.3 Å². The van der Waals surface area contributed by atoms with E-state index in [9.17, 15) is 5.11 Å². The summed E-state index contributed by atoms with van der Waals surface area (Å²) in [6.45, 7) is 17.0. The third kappa shape index (κ3) is 7.73. The lowest BCUT2D eigenvalue weighted by molar-refractivity contribution is 0.0285. The number of aromatic nitrogens is 1. The summed E-state index contributed by atoms with van der Waals surface area (Å²) in [6, 6.07) is 13.4. The quantitative estimate of drug-likeness (QED) is 0.569. The van der Waals surface area contributed by atoms with Gasteiger partial charge in [-0.2, -0.15) is 0 Å². The average Bonchev–Trinajstić information content (AvgIpc) is 3.19. The van der Waals surface area contributed by atoms with Crippen molar-refractivity contribution in [3.8, 4) is 0 Å². The molecule has 1 atom stereocenters. The Kier molecular flexibility index (Phi) is 9.35. The lowest BCUT2D eigenvalue weighted by atomic mass is 9.87. The molecule has 0 spiro atoms. The number of aliphatic hydroxyl groups excluding tert-OH is 1. The van der Waals surface area contributed by atoms with Gasteiger partial charge in [0.25, 0.3) is 0 Å². The van der Waals surface area contributed by atoms with E-state index in [1.807, 2.05) is 0 Å². The molecule has 0 unspecified atom stereocenters. The highest BCUT2D eigenvalue weighted by atomic mass is 16.5. The number of benzene rings is 1. The maximum Gasteiger partial charge on any atom is 0.0667 e. The molecule has 0 aliphatic carbocycles. The molecule has 1 aromatic carbocycles. The molecule has 2 aromatic rings. The molecule has 1 N–H and O–H groups in total.